The smallest absolute Gasteiger partial charge is 0.0590 e. The van der Waals surface area contributed by atoms with Gasteiger partial charge in [-0.15, -0.1) is 0 Å². The van der Waals surface area contributed by atoms with Crippen molar-refractivity contribution in [2.45, 2.75) is 75.7 Å². The zero-order valence-electron chi connectivity index (χ0n) is 24.6. The lowest BCUT2D eigenvalue weighted by Gasteiger charge is -1.69. The fourth-order valence-electron chi connectivity index (χ4n) is 1.54. The number of hydrogen-bond donors (Lipinski definition) is 0. The van der Waals surface area contributed by atoms with Gasteiger partial charge in [0, 0.05) is 0 Å². The highest BCUT2D eigenvalue weighted by molar-refractivity contribution is 5.00. The first-order valence-electron chi connectivity index (χ1n) is 13.4. The summed E-state index contributed by atoms with van der Waals surface area (Å²) >= 11 is 0. The van der Waals surface area contributed by atoms with Crippen molar-refractivity contribution in [2.24, 2.45) is 0 Å². The molecule has 0 saturated heterocycles. The van der Waals surface area contributed by atoms with Gasteiger partial charge in [0.15, 0.2) is 0 Å². The van der Waals surface area contributed by atoms with Gasteiger partial charge in [-0.2, -0.15) is 0 Å². The summed E-state index contributed by atoms with van der Waals surface area (Å²) in [6, 6.07) is 48.0. The molecule has 0 atom stereocenters. The third kappa shape index (κ3) is 59.1. The molecule has 0 aliphatic heterocycles. The van der Waals surface area contributed by atoms with Crippen LogP contribution in [0.4, 0.5) is 0 Å². The third-order valence-electron chi connectivity index (χ3n) is 2.67. The molecule has 4 aromatic rings. The molecule has 196 valence electrons. The molecule has 0 amide bonds. The summed E-state index contributed by atoms with van der Waals surface area (Å²) in [6.45, 7) is 20.2. The molecule has 4 rings (SSSR count). The van der Waals surface area contributed by atoms with Gasteiger partial charge in [0.25, 0.3) is 0 Å². The van der Waals surface area contributed by atoms with Crippen LogP contribution in [0.1, 0.15) is 75.7 Å². The Labute approximate surface area is 221 Å². The summed E-state index contributed by atoms with van der Waals surface area (Å²) in [6.07, 6.45) is 1.25. The summed E-state index contributed by atoms with van der Waals surface area (Å²) in [5.41, 5.74) is 0. The molecule has 0 aliphatic rings. The van der Waals surface area contributed by atoms with E-state index in [0.29, 0.717) is 0 Å². The highest BCUT2D eigenvalue weighted by Crippen LogP contribution is 1.81. The molecule has 0 heterocycles. The average molecular weight is 477 g/mol. The second-order valence-corrected chi connectivity index (χ2v) is 5.33. The van der Waals surface area contributed by atoms with E-state index >= 15 is 0 Å². The van der Waals surface area contributed by atoms with Crippen LogP contribution in [-0.4, -0.2) is 0 Å². The van der Waals surface area contributed by atoms with Crippen LogP contribution in [0.3, 0.4) is 0 Å². The fraction of sp³-hybridized carbons (Fsp3) is 0.314. The lowest BCUT2D eigenvalue weighted by Crippen LogP contribution is -1.47. The fourth-order valence-corrected chi connectivity index (χ4v) is 1.54. The van der Waals surface area contributed by atoms with Crippen LogP contribution in [0.15, 0.2) is 146 Å². The molecular weight excluding hydrogens is 420 g/mol. The van der Waals surface area contributed by atoms with Crippen molar-refractivity contribution in [3.05, 3.63) is 146 Å². The highest BCUT2D eigenvalue weighted by atomic mass is 13.7. The van der Waals surface area contributed by atoms with Gasteiger partial charge in [0.1, 0.15) is 0 Å². The van der Waals surface area contributed by atoms with E-state index in [4.69, 9.17) is 0 Å². The summed E-state index contributed by atoms with van der Waals surface area (Å²) < 4.78 is 0. The van der Waals surface area contributed by atoms with E-state index in [2.05, 4.69) is 13.8 Å². The molecule has 4 aromatic carbocycles. The monoisotopic (exact) mass is 476 g/mol. The van der Waals surface area contributed by atoms with Gasteiger partial charge in [-0.05, 0) is 0 Å². The van der Waals surface area contributed by atoms with Crippen molar-refractivity contribution in [1.82, 2.24) is 0 Å². The summed E-state index contributed by atoms with van der Waals surface area (Å²) in [7, 11) is 0. The molecule has 0 aromatic heterocycles. The lowest BCUT2D eigenvalue weighted by molar-refractivity contribution is 1.09. The standard InChI is InChI=1S/4C6H6.C3H8.4C2H6/c4*1-2-4-6-5-3-1;1-3-2;4*1-2/h4*1-6H;3H2,1-2H3;4*1-2H3. The molecule has 0 heteroatoms. The van der Waals surface area contributed by atoms with Crippen LogP contribution in [0.25, 0.3) is 0 Å². The SMILES string of the molecule is CC.CC.CC.CC.CCC.c1ccccc1.c1ccccc1.c1ccccc1.c1ccccc1. The van der Waals surface area contributed by atoms with Crippen LogP contribution in [0, 0.1) is 0 Å². The van der Waals surface area contributed by atoms with Gasteiger partial charge < -0.3 is 0 Å². The topological polar surface area (TPSA) is 0 Å². The number of hydrogen-bond acceptors (Lipinski definition) is 0. The Morgan fingerprint density at radius 2 is 0.229 bits per heavy atom. The van der Waals surface area contributed by atoms with E-state index in [1.165, 1.54) is 6.42 Å². The second-order valence-electron chi connectivity index (χ2n) is 5.33. The van der Waals surface area contributed by atoms with Crippen LogP contribution >= 0.6 is 0 Å². The Kier molecular flexibility index (Phi) is 69.2. The maximum absolute atomic E-state index is 2.12. The average Bonchev–Trinajstić information content (AvgIpc) is 3.02. The first-order valence-corrected chi connectivity index (χ1v) is 13.4. The summed E-state index contributed by atoms with van der Waals surface area (Å²) in [4.78, 5) is 0. The zero-order chi connectivity index (χ0) is 27.7. The van der Waals surface area contributed by atoms with E-state index in [1.54, 1.807) is 0 Å². The first-order chi connectivity index (χ1) is 17.4. The molecule has 0 spiro atoms. The summed E-state index contributed by atoms with van der Waals surface area (Å²) in [5, 5.41) is 0. The largest absolute Gasteiger partial charge is 0.0683 e. The van der Waals surface area contributed by atoms with Crippen molar-refractivity contribution in [3.8, 4) is 0 Å². The van der Waals surface area contributed by atoms with Crippen molar-refractivity contribution < 1.29 is 0 Å². The van der Waals surface area contributed by atoms with Crippen LogP contribution < -0.4 is 0 Å². The Hall–Kier alpha value is -3.12. The van der Waals surface area contributed by atoms with E-state index in [9.17, 15) is 0 Å². The Morgan fingerprint density at radius 1 is 0.200 bits per heavy atom. The Bertz CT molecular complexity index is 429. The summed E-state index contributed by atoms with van der Waals surface area (Å²) in [5.74, 6) is 0. The molecule has 35 heavy (non-hydrogen) atoms. The van der Waals surface area contributed by atoms with Gasteiger partial charge in [-0.1, -0.05) is 221 Å². The number of benzene rings is 4. The van der Waals surface area contributed by atoms with E-state index in [0.717, 1.165) is 0 Å². The van der Waals surface area contributed by atoms with E-state index in [1.807, 2.05) is 201 Å². The van der Waals surface area contributed by atoms with E-state index in [-0.39, 0.29) is 0 Å². The molecular formula is C35H56. The van der Waals surface area contributed by atoms with Crippen LogP contribution in [0.5, 0.6) is 0 Å². The van der Waals surface area contributed by atoms with Gasteiger partial charge in [0.2, 0.25) is 0 Å². The predicted molar refractivity (Wildman–Crippen MR) is 167 cm³/mol. The Morgan fingerprint density at radius 3 is 0.257 bits per heavy atom. The van der Waals surface area contributed by atoms with Crippen molar-refractivity contribution >= 4 is 0 Å². The van der Waals surface area contributed by atoms with Crippen LogP contribution in [-0.2, 0) is 0 Å². The molecule has 0 fully saturated rings. The quantitative estimate of drug-likeness (QED) is 0.237. The maximum atomic E-state index is 2.12. The molecule has 0 unspecified atom stereocenters. The highest BCUT2D eigenvalue weighted by Gasteiger charge is 1.59. The lowest BCUT2D eigenvalue weighted by atomic mass is 10.4. The van der Waals surface area contributed by atoms with Crippen molar-refractivity contribution in [3.63, 3.8) is 0 Å². The minimum Gasteiger partial charge on any atom is -0.0683 e. The Balaban J connectivity index is -0.000000101. The van der Waals surface area contributed by atoms with Gasteiger partial charge in [0.05, 0.1) is 0 Å². The molecule has 0 N–H and O–H groups in total. The minimum absolute atomic E-state index is 1.25. The first kappa shape index (κ1) is 42.1. The van der Waals surface area contributed by atoms with Crippen molar-refractivity contribution in [1.29, 1.82) is 0 Å². The second kappa shape index (κ2) is 57.6. The van der Waals surface area contributed by atoms with Gasteiger partial charge in [-0.25, -0.2) is 0 Å². The molecule has 0 nitrogen and oxygen atoms in total. The minimum atomic E-state index is 1.25. The van der Waals surface area contributed by atoms with E-state index < -0.39 is 0 Å². The molecule has 0 radical (unpaired) electrons. The molecule has 0 bridgehead atoms. The predicted octanol–water partition coefficient (Wildman–Crippen LogP) is 12.3. The molecule has 0 saturated carbocycles. The van der Waals surface area contributed by atoms with Gasteiger partial charge >= 0.3 is 0 Å². The normalized spacial score (nSPS) is 6.69. The third-order valence-corrected chi connectivity index (χ3v) is 2.67. The van der Waals surface area contributed by atoms with Gasteiger partial charge in [-0.3, -0.25) is 0 Å². The molecule has 0 aliphatic carbocycles. The van der Waals surface area contributed by atoms with Crippen molar-refractivity contribution in [2.75, 3.05) is 0 Å². The maximum Gasteiger partial charge on any atom is -0.0590 e. The number of rotatable bonds is 0. The van der Waals surface area contributed by atoms with Crippen LogP contribution in [0.2, 0.25) is 0 Å². The zero-order valence-corrected chi connectivity index (χ0v) is 24.6.